The quantitative estimate of drug-likeness (QED) is 0.135. The molecule has 10 nitrogen and oxygen atoms in total. The number of likely N-dealkylation sites (tertiary alicyclic amines) is 1. The number of urea groups is 1. The van der Waals surface area contributed by atoms with Gasteiger partial charge >= 0.3 is 6.03 Å². The zero-order valence-electron chi connectivity index (χ0n) is 22.1. The van der Waals surface area contributed by atoms with Crippen molar-refractivity contribution in [2.75, 3.05) is 20.1 Å². The average Bonchev–Trinajstić information content (AvgIpc) is 3.39. The molecule has 204 valence electrons. The summed E-state index contributed by atoms with van der Waals surface area (Å²) < 4.78 is 0. The van der Waals surface area contributed by atoms with Crippen molar-refractivity contribution in [2.45, 2.75) is 89.3 Å². The molecule has 1 aliphatic heterocycles. The average molecular weight is 516 g/mol. The molecule has 0 aromatic rings. The maximum absolute atomic E-state index is 13.8. The predicted molar refractivity (Wildman–Crippen MR) is 140 cm³/mol. The van der Waals surface area contributed by atoms with E-state index in [0.29, 0.717) is 32.2 Å². The Labute approximate surface area is 219 Å². The van der Waals surface area contributed by atoms with Crippen LogP contribution in [0.5, 0.6) is 0 Å². The minimum atomic E-state index is -1.06. The van der Waals surface area contributed by atoms with Crippen LogP contribution >= 0.6 is 0 Å². The van der Waals surface area contributed by atoms with E-state index in [1.165, 1.54) is 18.0 Å². The van der Waals surface area contributed by atoms with Crippen LogP contribution in [-0.2, 0) is 19.2 Å². The Balaban J connectivity index is 2.21. The third-order valence-electron chi connectivity index (χ3n) is 7.36. The molecule has 3 unspecified atom stereocenters. The number of unbranched alkanes of at least 4 members (excludes halogenated alkanes) is 1. The Morgan fingerprint density at radius 3 is 2.46 bits per heavy atom. The van der Waals surface area contributed by atoms with E-state index >= 15 is 0 Å². The fourth-order valence-corrected chi connectivity index (χ4v) is 5.21. The summed E-state index contributed by atoms with van der Waals surface area (Å²) in [6.45, 7) is 6.02. The minimum Gasteiger partial charge on any atom is -0.346 e. The van der Waals surface area contributed by atoms with E-state index in [2.05, 4.69) is 33.8 Å². The lowest BCUT2D eigenvalue weighted by atomic mass is 9.70. The summed E-state index contributed by atoms with van der Waals surface area (Å²) in [7, 11) is 1.49. The van der Waals surface area contributed by atoms with E-state index in [0.717, 1.165) is 32.1 Å². The molecular weight excluding hydrogens is 474 g/mol. The number of hydrogen-bond acceptors (Lipinski definition) is 5. The molecule has 1 saturated heterocycles. The Bertz CT molecular complexity index is 905. The number of Topliss-reactive ketones (excluding diaryl/α,β-unsaturated/α-hetero) is 1. The van der Waals surface area contributed by atoms with Gasteiger partial charge in [0.25, 0.3) is 5.91 Å². The highest BCUT2D eigenvalue weighted by Gasteiger charge is 2.46. The SMILES string of the molecule is C#CCCCC(NC(=O)C1CCCN1C(=O)C(NC(=O)NC)C1(C)CCCCC1)C(=O)C(=O)NCC=C. The summed E-state index contributed by atoms with van der Waals surface area (Å²) in [5.41, 5.74) is -0.428. The normalized spacial score (nSPS) is 20.0. The van der Waals surface area contributed by atoms with Gasteiger partial charge in [-0.05, 0) is 43.9 Å². The molecule has 5 amide bonds. The molecule has 0 aromatic heterocycles. The second kappa shape index (κ2) is 14.4. The van der Waals surface area contributed by atoms with Crippen LogP contribution < -0.4 is 21.3 Å². The lowest BCUT2D eigenvalue weighted by Gasteiger charge is -2.42. The van der Waals surface area contributed by atoms with Gasteiger partial charge in [-0.2, -0.15) is 0 Å². The molecular formula is C27H41N5O5. The summed E-state index contributed by atoms with van der Waals surface area (Å²) in [6.07, 6.45) is 13.5. The number of carbonyl (C=O) groups excluding carboxylic acids is 5. The molecule has 0 radical (unpaired) electrons. The number of rotatable bonds is 12. The van der Waals surface area contributed by atoms with E-state index in [1.807, 2.05) is 6.92 Å². The van der Waals surface area contributed by atoms with Gasteiger partial charge in [-0.3, -0.25) is 19.2 Å². The number of ketones is 1. The van der Waals surface area contributed by atoms with Crippen molar-refractivity contribution in [3.8, 4) is 12.3 Å². The number of terminal acetylenes is 1. The van der Waals surface area contributed by atoms with Crippen LogP contribution in [-0.4, -0.2) is 72.7 Å². The van der Waals surface area contributed by atoms with Crippen LogP contribution in [0, 0.1) is 17.8 Å². The van der Waals surface area contributed by atoms with Crippen LogP contribution in [0.2, 0.25) is 0 Å². The van der Waals surface area contributed by atoms with Gasteiger partial charge in [-0.1, -0.05) is 32.3 Å². The monoisotopic (exact) mass is 515 g/mol. The first kappa shape index (κ1) is 29.9. The minimum absolute atomic E-state index is 0.124. The third kappa shape index (κ3) is 8.07. The molecule has 3 atom stereocenters. The Morgan fingerprint density at radius 1 is 1.14 bits per heavy atom. The fourth-order valence-electron chi connectivity index (χ4n) is 5.21. The molecule has 0 bridgehead atoms. The Hall–Kier alpha value is -3.35. The van der Waals surface area contributed by atoms with Crippen molar-refractivity contribution in [2.24, 2.45) is 5.41 Å². The van der Waals surface area contributed by atoms with Gasteiger partial charge < -0.3 is 26.2 Å². The Kier molecular flexibility index (Phi) is 11.6. The zero-order valence-corrected chi connectivity index (χ0v) is 22.1. The summed E-state index contributed by atoms with van der Waals surface area (Å²) in [5.74, 6) is 0.119. The second-order valence-electron chi connectivity index (χ2n) is 10.1. The molecule has 2 aliphatic rings. The van der Waals surface area contributed by atoms with Crippen LogP contribution in [0.25, 0.3) is 0 Å². The van der Waals surface area contributed by atoms with Crippen LogP contribution in [0.15, 0.2) is 12.7 Å². The van der Waals surface area contributed by atoms with Crippen LogP contribution in [0.4, 0.5) is 4.79 Å². The lowest BCUT2D eigenvalue weighted by molar-refractivity contribution is -0.144. The van der Waals surface area contributed by atoms with Crippen molar-refractivity contribution >= 4 is 29.5 Å². The molecule has 37 heavy (non-hydrogen) atoms. The van der Waals surface area contributed by atoms with Gasteiger partial charge in [0.15, 0.2) is 0 Å². The van der Waals surface area contributed by atoms with Crippen LogP contribution in [0.1, 0.15) is 71.1 Å². The molecule has 10 heteroatoms. The number of nitrogens with one attached hydrogen (secondary N) is 4. The molecule has 4 N–H and O–H groups in total. The standard InChI is InChI=1S/C27H41N5O5/c1-5-7-9-13-19(21(33)24(35)29-17-6-2)30-23(34)20-14-12-18-32(20)25(36)22(31-26(37)28-4)27(3)15-10-8-11-16-27/h1,6,19-20,22H,2,7-18H2,3-4H3,(H,29,35)(H,30,34)(H2,28,31,37). The summed E-state index contributed by atoms with van der Waals surface area (Å²) in [6, 6.07) is -3.08. The van der Waals surface area contributed by atoms with Gasteiger partial charge in [0.05, 0.1) is 6.04 Å². The van der Waals surface area contributed by atoms with Crippen molar-refractivity contribution in [1.29, 1.82) is 0 Å². The first-order valence-corrected chi connectivity index (χ1v) is 13.1. The highest BCUT2D eigenvalue weighted by Crippen LogP contribution is 2.40. The molecule has 1 aliphatic carbocycles. The largest absolute Gasteiger partial charge is 0.346 e. The van der Waals surface area contributed by atoms with Gasteiger partial charge in [0.2, 0.25) is 17.6 Å². The van der Waals surface area contributed by atoms with E-state index in [9.17, 15) is 24.0 Å². The van der Waals surface area contributed by atoms with E-state index in [4.69, 9.17) is 6.42 Å². The number of hydrogen-bond donors (Lipinski definition) is 4. The highest BCUT2D eigenvalue weighted by atomic mass is 16.2. The summed E-state index contributed by atoms with van der Waals surface area (Å²) in [5, 5.41) is 10.5. The molecule has 2 fully saturated rings. The Morgan fingerprint density at radius 2 is 1.84 bits per heavy atom. The van der Waals surface area contributed by atoms with E-state index in [-0.39, 0.29) is 18.9 Å². The van der Waals surface area contributed by atoms with Gasteiger partial charge in [0, 0.05) is 26.6 Å². The number of nitrogens with zero attached hydrogens (tertiary/aromatic N) is 1. The summed E-state index contributed by atoms with van der Waals surface area (Å²) >= 11 is 0. The van der Waals surface area contributed by atoms with Gasteiger partial charge in [-0.25, -0.2) is 4.79 Å². The second-order valence-corrected chi connectivity index (χ2v) is 10.1. The predicted octanol–water partition coefficient (Wildman–Crippen LogP) is 1.41. The zero-order chi connectivity index (χ0) is 27.4. The molecule has 2 rings (SSSR count). The third-order valence-corrected chi connectivity index (χ3v) is 7.36. The van der Waals surface area contributed by atoms with Crippen molar-refractivity contribution in [3.63, 3.8) is 0 Å². The first-order valence-electron chi connectivity index (χ1n) is 13.1. The molecule has 1 saturated carbocycles. The first-order chi connectivity index (χ1) is 17.7. The van der Waals surface area contributed by atoms with E-state index in [1.54, 1.807) is 0 Å². The fraction of sp³-hybridized carbons (Fsp3) is 0.667. The lowest BCUT2D eigenvalue weighted by Crippen LogP contribution is -2.61. The summed E-state index contributed by atoms with van der Waals surface area (Å²) in [4.78, 5) is 66.0. The van der Waals surface area contributed by atoms with Gasteiger partial charge in [-0.15, -0.1) is 18.9 Å². The molecule has 0 spiro atoms. The van der Waals surface area contributed by atoms with E-state index < -0.39 is 47.2 Å². The van der Waals surface area contributed by atoms with Crippen LogP contribution in [0.3, 0.4) is 0 Å². The van der Waals surface area contributed by atoms with Gasteiger partial charge in [0.1, 0.15) is 12.1 Å². The maximum Gasteiger partial charge on any atom is 0.315 e. The highest BCUT2D eigenvalue weighted by molar-refractivity contribution is 6.38. The topological polar surface area (TPSA) is 137 Å². The van der Waals surface area contributed by atoms with Crippen molar-refractivity contribution in [3.05, 3.63) is 12.7 Å². The maximum atomic E-state index is 13.8. The number of amides is 5. The molecule has 0 aromatic carbocycles. The molecule has 1 heterocycles. The number of carbonyl (C=O) groups is 5. The van der Waals surface area contributed by atoms with Crippen molar-refractivity contribution in [1.82, 2.24) is 26.2 Å². The van der Waals surface area contributed by atoms with Crippen molar-refractivity contribution < 1.29 is 24.0 Å². The smallest absolute Gasteiger partial charge is 0.315 e.